The molecule has 0 rings (SSSR count). The third kappa shape index (κ3) is 3.18. The molecule has 1 nitrogen and oxygen atoms in total. The van der Waals surface area contributed by atoms with E-state index >= 15 is 0 Å². The fraction of sp³-hybridized carbons (Fsp3) is 0.273. The molecule has 0 aromatic carbocycles. The summed E-state index contributed by atoms with van der Waals surface area (Å²) in [5.74, 6) is 1.77. The summed E-state index contributed by atoms with van der Waals surface area (Å²) in [5.41, 5.74) is 1.87. The van der Waals surface area contributed by atoms with Gasteiger partial charge in [-0.1, -0.05) is 31.7 Å². The zero-order valence-electron chi connectivity index (χ0n) is 7.63. The smallest absolute Gasteiger partial charge is 0.125 e. The molecule has 0 saturated heterocycles. The van der Waals surface area contributed by atoms with Crippen molar-refractivity contribution in [2.45, 2.75) is 20.3 Å². The van der Waals surface area contributed by atoms with E-state index in [-0.39, 0.29) is 0 Å². The molecule has 12 heavy (non-hydrogen) atoms. The van der Waals surface area contributed by atoms with Gasteiger partial charge in [0.15, 0.2) is 0 Å². The van der Waals surface area contributed by atoms with E-state index in [0.717, 1.165) is 17.6 Å². The molecule has 0 unspecified atom stereocenters. The van der Waals surface area contributed by atoms with Crippen molar-refractivity contribution in [2.24, 2.45) is 0 Å². The molecule has 0 N–H and O–H groups in total. The van der Waals surface area contributed by atoms with Gasteiger partial charge in [-0.15, -0.1) is 0 Å². The molecule has 0 aliphatic carbocycles. The van der Waals surface area contributed by atoms with Gasteiger partial charge in [0.1, 0.15) is 5.94 Å². The molecule has 0 spiro atoms. The van der Waals surface area contributed by atoms with Crippen LogP contribution >= 0.6 is 0 Å². The second kappa shape index (κ2) is 6.38. The molecule has 64 valence electrons. The Morgan fingerprint density at radius 2 is 2.17 bits per heavy atom. The van der Waals surface area contributed by atoms with Crippen LogP contribution in [-0.2, 0) is 4.79 Å². The first-order valence-corrected chi connectivity index (χ1v) is 4.00. The lowest BCUT2D eigenvalue weighted by molar-refractivity contribution is 0.569. The quantitative estimate of drug-likeness (QED) is 0.459. The zero-order chi connectivity index (χ0) is 9.40. The van der Waals surface area contributed by atoms with Crippen molar-refractivity contribution in [3.05, 3.63) is 42.0 Å². The SMILES string of the molecule is C=CC(=CC)C(C=C=O)=CCC. The molecule has 0 aliphatic heterocycles. The summed E-state index contributed by atoms with van der Waals surface area (Å²) in [4.78, 5) is 10.1. The highest BCUT2D eigenvalue weighted by Gasteiger charge is 1.94. The van der Waals surface area contributed by atoms with E-state index < -0.39 is 0 Å². The van der Waals surface area contributed by atoms with Crippen molar-refractivity contribution in [3.8, 4) is 0 Å². The Morgan fingerprint density at radius 1 is 1.50 bits per heavy atom. The van der Waals surface area contributed by atoms with Gasteiger partial charge < -0.3 is 0 Å². The number of rotatable bonds is 4. The lowest BCUT2D eigenvalue weighted by Gasteiger charge is -1.99. The molecule has 0 radical (unpaired) electrons. The first-order valence-electron chi connectivity index (χ1n) is 4.00. The summed E-state index contributed by atoms with van der Waals surface area (Å²) in [6.07, 6.45) is 7.96. The first-order chi connectivity index (χ1) is 5.79. The average Bonchev–Trinajstić information content (AvgIpc) is 2.07. The van der Waals surface area contributed by atoms with Crippen LogP contribution in [0.3, 0.4) is 0 Å². The van der Waals surface area contributed by atoms with Crippen LogP contribution in [-0.4, -0.2) is 5.94 Å². The van der Waals surface area contributed by atoms with Crippen LogP contribution in [0.4, 0.5) is 0 Å². The minimum absolute atomic E-state index is 0.894. The Hall–Kier alpha value is -1.33. The molecule has 0 aromatic heterocycles. The van der Waals surface area contributed by atoms with Gasteiger partial charge in [-0.2, -0.15) is 0 Å². The van der Waals surface area contributed by atoms with E-state index in [2.05, 4.69) is 6.58 Å². The topological polar surface area (TPSA) is 17.1 Å². The highest BCUT2D eigenvalue weighted by molar-refractivity contribution is 5.59. The maximum Gasteiger partial charge on any atom is 0.125 e. The summed E-state index contributed by atoms with van der Waals surface area (Å²) in [7, 11) is 0. The maximum atomic E-state index is 10.1. The van der Waals surface area contributed by atoms with E-state index in [0.29, 0.717) is 0 Å². The molecule has 0 saturated carbocycles. The van der Waals surface area contributed by atoms with E-state index in [1.807, 2.05) is 26.0 Å². The summed E-state index contributed by atoms with van der Waals surface area (Å²) in [6.45, 7) is 7.60. The van der Waals surface area contributed by atoms with E-state index in [1.165, 1.54) is 6.08 Å². The van der Waals surface area contributed by atoms with Crippen LogP contribution in [0.1, 0.15) is 20.3 Å². The summed E-state index contributed by atoms with van der Waals surface area (Å²) in [6, 6.07) is 0. The standard InChI is InChI=1S/C11H14O/c1-4-7-11(8-9-12)10(5-2)6-3/h5-8H,2,4H2,1,3H3. The van der Waals surface area contributed by atoms with Gasteiger partial charge in [-0.25, -0.2) is 4.79 Å². The van der Waals surface area contributed by atoms with Crippen LogP contribution < -0.4 is 0 Å². The molecular formula is C11H14O. The van der Waals surface area contributed by atoms with E-state index in [4.69, 9.17) is 0 Å². The predicted octanol–water partition coefficient (Wildman–Crippen LogP) is 2.84. The van der Waals surface area contributed by atoms with Crippen LogP contribution in [0.15, 0.2) is 42.0 Å². The lowest BCUT2D eigenvalue weighted by Crippen LogP contribution is -1.82. The van der Waals surface area contributed by atoms with Gasteiger partial charge in [0.25, 0.3) is 0 Å². The largest absolute Gasteiger partial charge is 0.233 e. The van der Waals surface area contributed by atoms with Gasteiger partial charge in [0.2, 0.25) is 0 Å². The highest BCUT2D eigenvalue weighted by atomic mass is 16.1. The number of carbonyl (C=O) groups excluding carboxylic acids is 1. The van der Waals surface area contributed by atoms with Crippen molar-refractivity contribution in [3.63, 3.8) is 0 Å². The normalized spacial score (nSPS) is 12.2. The first kappa shape index (κ1) is 10.7. The van der Waals surface area contributed by atoms with Crippen LogP contribution in [0, 0.1) is 0 Å². The third-order valence-electron chi connectivity index (χ3n) is 1.50. The van der Waals surface area contributed by atoms with Gasteiger partial charge in [0.05, 0.1) is 0 Å². The Labute approximate surface area is 73.8 Å². The number of allylic oxidation sites excluding steroid dienone is 6. The van der Waals surface area contributed by atoms with E-state index in [1.54, 1.807) is 12.0 Å². The molecule has 0 atom stereocenters. The Morgan fingerprint density at radius 3 is 2.50 bits per heavy atom. The van der Waals surface area contributed by atoms with Crippen LogP contribution in [0.2, 0.25) is 0 Å². The monoisotopic (exact) mass is 162 g/mol. The fourth-order valence-electron chi connectivity index (χ4n) is 0.946. The zero-order valence-corrected chi connectivity index (χ0v) is 7.63. The Kier molecular flexibility index (Phi) is 5.68. The average molecular weight is 162 g/mol. The molecular weight excluding hydrogens is 148 g/mol. The Bertz CT molecular complexity index is 250. The molecule has 0 fully saturated rings. The summed E-state index contributed by atoms with van der Waals surface area (Å²) < 4.78 is 0. The van der Waals surface area contributed by atoms with Crippen molar-refractivity contribution in [2.75, 3.05) is 0 Å². The van der Waals surface area contributed by atoms with Gasteiger partial charge in [-0.3, -0.25) is 0 Å². The van der Waals surface area contributed by atoms with Gasteiger partial charge >= 0.3 is 0 Å². The molecule has 0 aliphatic rings. The fourth-order valence-corrected chi connectivity index (χ4v) is 0.946. The van der Waals surface area contributed by atoms with Crippen molar-refractivity contribution in [1.29, 1.82) is 0 Å². The maximum absolute atomic E-state index is 10.1. The van der Waals surface area contributed by atoms with Crippen LogP contribution in [0.25, 0.3) is 0 Å². The highest BCUT2D eigenvalue weighted by Crippen LogP contribution is 2.12. The summed E-state index contributed by atoms with van der Waals surface area (Å²) in [5, 5.41) is 0. The number of hydrogen-bond acceptors (Lipinski definition) is 1. The molecule has 0 heterocycles. The molecule has 0 aromatic rings. The minimum atomic E-state index is 0.894. The van der Waals surface area contributed by atoms with E-state index in [9.17, 15) is 4.79 Å². The second-order valence-electron chi connectivity index (χ2n) is 2.28. The predicted molar refractivity (Wildman–Crippen MR) is 52.6 cm³/mol. The van der Waals surface area contributed by atoms with Crippen molar-refractivity contribution >= 4 is 5.94 Å². The molecule has 0 amide bonds. The van der Waals surface area contributed by atoms with Gasteiger partial charge in [0, 0.05) is 6.08 Å². The Balaban J connectivity index is 4.84. The number of hydrogen-bond donors (Lipinski definition) is 0. The minimum Gasteiger partial charge on any atom is -0.233 e. The van der Waals surface area contributed by atoms with Crippen LogP contribution in [0.5, 0.6) is 0 Å². The lowest BCUT2D eigenvalue weighted by atomic mass is 10.1. The van der Waals surface area contributed by atoms with Crippen molar-refractivity contribution in [1.82, 2.24) is 0 Å². The second-order valence-corrected chi connectivity index (χ2v) is 2.28. The van der Waals surface area contributed by atoms with Crippen molar-refractivity contribution < 1.29 is 4.79 Å². The third-order valence-corrected chi connectivity index (χ3v) is 1.50. The molecule has 1 heteroatoms. The molecule has 0 bridgehead atoms. The summed E-state index contributed by atoms with van der Waals surface area (Å²) >= 11 is 0. The van der Waals surface area contributed by atoms with Gasteiger partial charge in [-0.05, 0) is 24.5 Å².